The van der Waals surface area contributed by atoms with Crippen LogP contribution < -0.4 is 0 Å². The van der Waals surface area contributed by atoms with Crippen molar-refractivity contribution in [2.45, 2.75) is 48.5 Å². The number of hydrogen-bond acceptors (Lipinski definition) is 2. The molecule has 0 spiro atoms. The van der Waals surface area contributed by atoms with Gasteiger partial charge in [0.1, 0.15) is 0 Å². The first kappa shape index (κ1) is 15.7. The molecular formula is C12H26O2Te. The van der Waals surface area contributed by atoms with Crippen molar-refractivity contribution in [2.24, 2.45) is 0 Å². The predicted octanol–water partition coefficient (Wildman–Crippen LogP) is 3.16. The Hall–Kier alpha value is 0.710. The minimum absolute atomic E-state index is 0.305. The number of unbranched alkanes of at least 4 members (excludes halogenated alkanes) is 2. The quantitative estimate of drug-likeness (QED) is 0.404. The van der Waals surface area contributed by atoms with E-state index in [1.54, 1.807) is 0 Å². The molecule has 0 aromatic carbocycles. The summed E-state index contributed by atoms with van der Waals surface area (Å²) in [5.74, 6) is 0. The van der Waals surface area contributed by atoms with Crippen molar-refractivity contribution < 1.29 is 9.47 Å². The van der Waals surface area contributed by atoms with Crippen LogP contribution in [0.4, 0.5) is 0 Å². The van der Waals surface area contributed by atoms with Crippen molar-refractivity contribution in [1.82, 2.24) is 0 Å². The Bertz CT molecular complexity index is 97.8. The normalized spacial score (nSPS) is 10.8. The molecule has 0 saturated carbocycles. The van der Waals surface area contributed by atoms with E-state index in [2.05, 4.69) is 13.8 Å². The van der Waals surface area contributed by atoms with E-state index in [9.17, 15) is 0 Å². The van der Waals surface area contributed by atoms with Crippen LogP contribution in [0.25, 0.3) is 0 Å². The summed E-state index contributed by atoms with van der Waals surface area (Å²) in [5.41, 5.74) is 0. The molecule has 0 saturated heterocycles. The average Bonchev–Trinajstić information content (AvgIpc) is 2.26. The fraction of sp³-hybridized carbons (Fsp3) is 1.00. The fourth-order valence-electron chi connectivity index (χ4n) is 1.21. The van der Waals surface area contributed by atoms with Crippen molar-refractivity contribution in [3.8, 4) is 0 Å². The first-order valence-corrected chi connectivity index (χ1v) is 9.44. The summed E-state index contributed by atoms with van der Waals surface area (Å²) < 4.78 is 13.6. The molecule has 0 aliphatic heterocycles. The molecule has 0 N–H and O–H groups in total. The number of hydrogen-bond donors (Lipinski definition) is 0. The topological polar surface area (TPSA) is 18.5 Å². The van der Waals surface area contributed by atoms with E-state index in [4.69, 9.17) is 9.47 Å². The molecular weight excluding hydrogens is 304 g/mol. The third-order valence-corrected chi connectivity index (χ3v) is 5.36. The van der Waals surface area contributed by atoms with Crippen LogP contribution in [0, 0.1) is 0 Å². The van der Waals surface area contributed by atoms with Crippen molar-refractivity contribution in [2.75, 3.05) is 26.4 Å². The van der Waals surface area contributed by atoms with Gasteiger partial charge in [-0.15, -0.1) is 0 Å². The molecule has 0 aromatic heterocycles. The first-order valence-electron chi connectivity index (χ1n) is 6.15. The Morgan fingerprint density at radius 1 is 0.733 bits per heavy atom. The van der Waals surface area contributed by atoms with E-state index in [1.165, 1.54) is 34.6 Å². The number of rotatable bonds is 12. The molecule has 0 aromatic rings. The minimum atomic E-state index is 0.305. The van der Waals surface area contributed by atoms with Gasteiger partial charge in [0.2, 0.25) is 0 Å². The Kier molecular flexibility index (Phi) is 15.4. The van der Waals surface area contributed by atoms with Crippen molar-refractivity contribution in [1.29, 1.82) is 0 Å². The summed E-state index contributed by atoms with van der Waals surface area (Å²) in [6, 6.07) is 0. The van der Waals surface area contributed by atoms with Gasteiger partial charge in [0, 0.05) is 0 Å². The summed E-state index contributed by atoms with van der Waals surface area (Å²) in [6.07, 6.45) is 5.29. The van der Waals surface area contributed by atoms with Crippen molar-refractivity contribution >= 4 is 20.9 Å². The van der Waals surface area contributed by atoms with Crippen molar-refractivity contribution in [3.05, 3.63) is 0 Å². The van der Waals surface area contributed by atoms with Gasteiger partial charge >= 0.3 is 105 Å². The zero-order valence-corrected chi connectivity index (χ0v) is 12.6. The maximum atomic E-state index is 5.30. The van der Waals surface area contributed by atoms with Crippen molar-refractivity contribution in [3.63, 3.8) is 0 Å². The monoisotopic (exact) mass is 332 g/mol. The van der Waals surface area contributed by atoms with Crippen LogP contribution in [-0.4, -0.2) is 47.4 Å². The van der Waals surface area contributed by atoms with Gasteiger partial charge in [0.15, 0.2) is 0 Å². The van der Waals surface area contributed by atoms with Gasteiger partial charge in [-0.1, -0.05) is 0 Å². The Morgan fingerprint density at radius 3 is 1.60 bits per heavy atom. The zero-order chi connectivity index (χ0) is 11.2. The second kappa shape index (κ2) is 14.7. The summed E-state index contributed by atoms with van der Waals surface area (Å²) in [6.45, 7) is 7.79. The molecule has 0 rings (SSSR count). The summed E-state index contributed by atoms with van der Waals surface area (Å²) in [4.78, 5) is 0. The molecule has 2 nitrogen and oxygen atoms in total. The van der Waals surface area contributed by atoms with Crippen LogP contribution in [0.1, 0.15) is 39.5 Å². The average molecular weight is 330 g/mol. The molecule has 92 valence electrons. The Labute approximate surface area is 105 Å². The van der Waals surface area contributed by atoms with E-state index in [0.29, 0.717) is 20.9 Å². The third-order valence-electron chi connectivity index (χ3n) is 2.06. The van der Waals surface area contributed by atoms with Gasteiger partial charge in [0.05, 0.1) is 0 Å². The van der Waals surface area contributed by atoms with Gasteiger partial charge in [-0.05, 0) is 0 Å². The fourth-order valence-corrected chi connectivity index (χ4v) is 4.12. The molecule has 0 radical (unpaired) electrons. The molecule has 3 heteroatoms. The van der Waals surface area contributed by atoms with E-state index in [1.807, 2.05) is 0 Å². The molecule has 0 bridgehead atoms. The Morgan fingerprint density at radius 2 is 1.20 bits per heavy atom. The summed E-state index contributed by atoms with van der Waals surface area (Å²) in [7, 11) is 0. The second-order valence-electron chi connectivity index (χ2n) is 3.42. The molecule has 0 fully saturated rings. The standard InChI is InChI=1S/C12H26O2Te/c1-3-13-9-5-7-11-15-12-8-6-10-14-4-2/h3-12H2,1-2H3. The third kappa shape index (κ3) is 14.7. The predicted molar refractivity (Wildman–Crippen MR) is 66.8 cm³/mol. The van der Waals surface area contributed by atoms with E-state index < -0.39 is 0 Å². The van der Waals surface area contributed by atoms with E-state index >= 15 is 0 Å². The van der Waals surface area contributed by atoms with Crippen LogP contribution in [0.5, 0.6) is 0 Å². The van der Waals surface area contributed by atoms with Crippen LogP contribution in [0.15, 0.2) is 0 Å². The van der Waals surface area contributed by atoms with Gasteiger partial charge < -0.3 is 0 Å². The molecule has 0 heterocycles. The van der Waals surface area contributed by atoms with Crippen LogP contribution in [-0.2, 0) is 9.47 Å². The summed E-state index contributed by atoms with van der Waals surface area (Å²) >= 11 is 0.305. The molecule has 0 amide bonds. The molecule has 0 atom stereocenters. The molecule has 0 unspecified atom stereocenters. The molecule has 0 aliphatic rings. The first-order chi connectivity index (χ1) is 7.41. The van der Waals surface area contributed by atoms with Crippen LogP contribution in [0.2, 0.25) is 8.94 Å². The molecule has 15 heavy (non-hydrogen) atoms. The van der Waals surface area contributed by atoms with Gasteiger partial charge in [-0.25, -0.2) is 0 Å². The van der Waals surface area contributed by atoms with Crippen LogP contribution in [0.3, 0.4) is 0 Å². The van der Waals surface area contributed by atoms with Crippen LogP contribution >= 0.6 is 0 Å². The van der Waals surface area contributed by atoms with Gasteiger partial charge in [-0.2, -0.15) is 0 Å². The molecule has 0 aliphatic carbocycles. The summed E-state index contributed by atoms with van der Waals surface area (Å²) in [5, 5.41) is 0. The SMILES string of the molecule is CCOCCCC[Te]CCCCOCC. The Balaban J connectivity index is 2.81. The second-order valence-corrected chi connectivity index (χ2v) is 6.92. The van der Waals surface area contributed by atoms with Gasteiger partial charge in [0.25, 0.3) is 0 Å². The number of ether oxygens (including phenoxy) is 2. The van der Waals surface area contributed by atoms with E-state index in [-0.39, 0.29) is 0 Å². The maximum absolute atomic E-state index is 5.30. The van der Waals surface area contributed by atoms with Gasteiger partial charge in [-0.3, -0.25) is 0 Å². The zero-order valence-electron chi connectivity index (χ0n) is 10.3. The van der Waals surface area contributed by atoms with E-state index in [0.717, 1.165) is 26.4 Å².